The van der Waals surface area contributed by atoms with Crippen molar-refractivity contribution in [2.24, 2.45) is 5.92 Å². The Bertz CT molecular complexity index is 889. The number of piperazine rings is 1. The molecule has 0 amide bonds. The van der Waals surface area contributed by atoms with Crippen LogP contribution >= 0.6 is 0 Å². The lowest BCUT2D eigenvalue weighted by Crippen LogP contribution is -2.51. The first-order chi connectivity index (χ1) is 13.4. The van der Waals surface area contributed by atoms with E-state index in [4.69, 9.17) is 0 Å². The predicted molar refractivity (Wildman–Crippen MR) is 114 cm³/mol. The van der Waals surface area contributed by atoms with Crippen LogP contribution < -0.4 is 10.2 Å². The lowest BCUT2D eigenvalue weighted by molar-refractivity contribution is 0.0987. The van der Waals surface area contributed by atoms with Gasteiger partial charge >= 0.3 is 0 Å². The van der Waals surface area contributed by atoms with Gasteiger partial charge < -0.3 is 10.2 Å². The minimum Gasteiger partial charge on any atom is -0.354 e. The third-order valence-corrected chi connectivity index (χ3v) is 5.06. The van der Waals surface area contributed by atoms with Crippen LogP contribution in [0.1, 0.15) is 62.1 Å². The fourth-order valence-corrected chi connectivity index (χ4v) is 3.69. The molecule has 0 saturated carbocycles. The summed E-state index contributed by atoms with van der Waals surface area (Å²) in [4.78, 5) is 36.3. The van der Waals surface area contributed by atoms with Crippen LogP contribution in [0, 0.1) is 12.8 Å². The van der Waals surface area contributed by atoms with E-state index in [1.165, 1.54) is 6.92 Å². The molecule has 1 aliphatic rings. The number of pyridine rings is 2. The van der Waals surface area contributed by atoms with E-state index in [9.17, 15) is 9.59 Å². The molecule has 6 heteroatoms. The first kappa shape index (κ1) is 20.1. The monoisotopic (exact) mass is 384 g/mol. The molecule has 0 spiro atoms. The molecule has 1 N–H and O–H groups in total. The van der Waals surface area contributed by atoms with Gasteiger partial charge in [0.2, 0.25) is 5.78 Å². The van der Waals surface area contributed by atoms with Gasteiger partial charge in [0.25, 0.3) is 0 Å². The number of nitrogens with one attached hydrogen (secondary N) is 1. The quantitative estimate of drug-likeness (QED) is 0.768. The highest BCUT2D eigenvalue weighted by molar-refractivity contribution is 6.14. The molecule has 6 nitrogen and oxygen atoms in total. The van der Waals surface area contributed by atoms with E-state index >= 15 is 0 Å². The highest BCUT2D eigenvalue weighted by atomic mass is 16.1. The fourth-order valence-electron chi connectivity index (χ4n) is 3.69. The van der Waals surface area contributed by atoms with Crippen molar-refractivity contribution in [2.45, 2.75) is 40.2 Å². The molecule has 1 aliphatic heterocycles. The van der Waals surface area contributed by atoms with Gasteiger partial charge in [-0.1, -0.05) is 13.8 Å². The third-order valence-electron chi connectivity index (χ3n) is 5.06. The predicted octanol–water partition coefficient (Wildman–Crippen LogP) is 3.53. The van der Waals surface area contributed by atoms with E-state index in [2.05, 4.69) is 34.0 Å². The smallest absolute Gasteiger partial charge is 0.214 e. The number of aryl methyl sites for hydroxylation is 1. The first-order valence-corrected chi connectivity index (χ1v) is 9.83. The standard InChI is InChI=1S/C22H28N4O2.2H2/c1-14(2)12-17-13-26(11-10-24-17)20-8-7-19(16(4)27)21(25-20)22(28)18-6-5-9-23-15(18)3;;/h5-9,14,17,24H,10-13H2,1-4H3;2*1H/t17-;;/m0../s1. The van der Waals surface area contributed by atoms with Crippen molar-refractivity contribution >= 4 is 17.4 Å². The number of anilines is 1. The number of rotatable bonds is 6. The molecule has 2 aromatic heterocycles. The van der Waals surface area contributed by atoms with Crippen molar-refractivity contribution in [1.29, 1.82) is 0 Å². The number of ketones is 2. The van der Waals surface area contributed by atoms with Crippen LogP contribution in [0.5, 0.6) is 0 Å². The van der Waals surface area contributed by atoms with Crippen LogP contribution in [0.2, 0.25) is 0 Å². The summed E-state index contributed by atoms with van der Waals surface area (Å²) in [6, 6.07) is 7.42. The van der Waals surface area contributed by atoms with Crippen molar-refractivity contribution in [3.8, 4) is 0 Å². The molecule has 0 aliphatic carbocycles. The zero-order valence-corrected chi connectivity index (χ0v) is 17.0. The summed E-state index contributed by atoms with van der Waals surface area (Å²) in [5, 5.41) is 3.55. The minimum atomic E-state index is -0.258. The maximum atomic E-state index is 13.2. The molecule has 152 valence electrons. The molecular formula is C22H32N4O2. The van der Waals surface area contributed by atoms with Crippen molar-refractivity contribution < 1.29 is 12.4 Å². The van der Waals surface area contributed by atoms with E-state index in [0.29, 0.717) is 28.8 Å². The van der Waals surface area contributed by atoms with Gasteiger partial charge in [-0.05, 0) is 50.5 Å². The second-order valence-corrected chi connectivity index (χ2v) is 7.81. The Morgan fingerprint density at radius 3 is 2.75 bits per heavy atom. The van der Waals surface area contributed by atoms with Gasteiger partial charge in [0.05, 0.1) is 0 Å². The Morgan fingerprint density at radius 2 is 2.07 bits per heavy atom. The lowest BCUT2D eigenvalue weighted by Gasteiger charge is -2.35. The van der Waals surface area contributed by atoms with Gasteiger partial charge in [-0.2, -0.15) is 0 Å². The van der Waals surface area contributed by atoms with Crippen molar-refractivity contribution in [1.82, 2.24) is 15.3 Å². The average Bonchev–Trinajstić information content (AvgIpc) is 2.67. The number of Topliss-reactive ketones (excluding diaryl/α,β-unsaturated/α-hetero) is 1. The zero-order valence-electron chi connectivity index (χ0n) is 17.0. The number of carbonyl (C=O) groups excluding carboxylic acids is 2. The topological polar surface area (TPSA) is 75.2 Å². The van der Waals surface area contributed by atoms with E-state index < -0.39 is 0 Å². The summed E-state index contributed by atoms with van der Waals surface area (Å²) in [6.07, 6.45) is 2.74. The SMILES string of the molecule is CC(=O)c1ccc(N2CCN[C@@H](CC(C)C)C2)nc1C(=O)c1cccnc1C.[HH].[HH]. The summed E-state index contributed by atoms with van der Waals surface area (Å²) in [7, 11) is 0. The highest BCUT2D eigenvalue weighted by Gasteiger charge is 2.25. The lowest BCUT2D eigenvalue weighted by atomic mass is 10.00. The second-order valence-electron chi connectivity index (χ2n) is 7.81. The molecule has 3 rings (SSSR count). The zero-order chi connectivity index (χ0) is 20.3. The van der Waals surface area contributed by atoms with E-state index in [0.717, 1.165) is 31.9 Å². The van der Waals surface area contributed by atoms with Crippen molar-refractivity contribution in [3.05, 3.63) is 53.0 Å². The summed E-state index contributed by atoms with van der Waals surface area (Å²) in [6.45, 7) is 10.2. The average molecular weight is 385 g/mol. The molecule has 1 saturated heterocycles. The molecule has 1 fully saturated rings. The van der Waals surface area contributed by atoms with E-state index in [1.807, 2.05) is 6.07 Å². The largest absolute Gasteiger partial charge is 0.354 e. The summed E-state index contributed by atoms with van der Waals surface area (Å²) < 4.78 is 0. The maximum Gasteiger partial charge on any atom is 0.214 e. The number of nitrogens with zero attached hydrogens (tertiary/aromatic N) is 3. The molecule has 1 atom stereocenters. The number of aromatic nitrogens is 2. The van der Waals surface area contributed by atoms with Crippen LogP contribution in [-0.2, 0) is 0 Å². The van der Waals surface area contributed by atoms with Gasteiger partial charge in [-0.25, -0.2) is 4.98 Å². The van der Waals surface area contributed by atoms with Gasteiger partial charge in [0, 0.05) is 51.5 Å². The Kier molecular flexibility index (Phi) is 6.19. The Hall–Kier alpha value is -2.60. The van der Waals surface area contributed by atoms with Crippen LogP contribution in [0.4, 0.5) is 5.82 Å². The van der Waals surface area contributed by atoms with Crippen molar-refractivity contribution in [3.63, 3.8) is 0 Å². The minimum absolute atomic E-state index is 0. The van der Waals surface area contributed by atoms with Crippen LogP contribution in [-0.4, -0.2) is 47.2 Å². The molecular weight excluding hydrogens is 352 g/mol. The Labute approximate surface area is 169 Å². The van der Waals surface area contributed by atoms with Gasteiger partial charge in [-0.15, -0.1) is 0 Å². The second kappa shape index (κ2) is 8.61. The Balaban J connectivity index is 0.00000225. The molecule has 0 bridgehead atoms. The number of hydrogen-bond acceptors (Lipinski definition) is 6. The number of hydrogen-bond donors (Lipinski definition) is 1. The molecule has 0 radical (unpaired) electrons. The summed E-state index contributed by atoms with van der Waals surface area (Å²) in [5.41, 5.74) is 1.67. The molecule has 2 aromatic rings. The van der Waals surface area contributed by atoms with Gasteiger partial charge in [-0.3, -0.25) is 14.6 Å². The summed E-state index contributed by atoms with van der Waals surface area (Å²) >= 11 is 0. The van der Waals surface area contributed by atoms with Crippen LogP contribution in [0.15, 0.2) is 30.5 Å². The van der Waals surface area contributed by atoms with Gasteiger partial charge in [0.1, 0.15) is 11.5 Å². The fraction of sp³-hybridized carbons (Fsp3) is 0.455. The molecule has 0 aromatic carbocycles. The third kappa shape index (κ3) is 4.44. The molecule has 28 heavy (non-hydrogen) atoms. The van der Waals surface area contributed by atoms with Crippen LogP contribution in [0.3, 0.4) is 0 Å². The highest BCUT2D eigenvalue weighted by Crippen LogP contribution is 2.22. The van der Waals surface area contributed by atoms with Crippen LogP contribution in [0.25, 0.3) is 0 Å². The van der Waals surface area contributed by atoms with Crippen molar-refractivity contribution in [2.75, 3.05) is 24.5 Å². The number of carbonyl (C=O) groups is 2. The first-order valence-electron chi connectivity index (χ1n) is 9.83. The van der Waals surface area contributed by atoms with E-state index in [1.54, 1.807) is 31.3 Å². The van der Waals surface area contributed by atoms with E-state index in [-0.39, 0.29) is 20.1 Å². The molecule has 0 unspecified atom stereocenters. The molecule has 3 heterocycles. The van der Waals surface area contributed by atoms with Gasteiger partial charge in [0.15, 0.2) is 5.78 Å². The Morgan fingerprint density at radius 1 is 1.29 bits per heavy atom. The normalized spacial score (nSPS) is 17.0. The summed E-state index contributed by atoms with van der Waals surface area (Å²) in [5.74, 6) is 0.926. The maximum absolute atomic E-state index is 13.2.